The van der Waals surface area contributed by atoms with Crippen molar-refractivity contribution in [2.75, 3.05) is 0 Å². The van der Waals surface area contributed by atoms with Crippen LogP contribution in [0.1, 0.15) is 44.9 Å². The van der Waals surface area contributed by atoms with Gasteiger partial charge in [0.1, 0.15) is 0 Å². The molecule has 0 nitrogen and oxygen atoms in total. The van der Waals surface area contributed by atoms with Crippen molar-refractivity contribution in [3.8, 4) is 0 Å². The molecule has 0 saturated heterocycles. The Morgan fingerprint density at radius 1 is 0.786 bits per heavy atom. The van der Waals surface area contributed by atoms with E-state index in [1.165, 1.54) is 19.3 Å². The fraction of sp³-hybridized carbons (Fsp3) is 1.00. The van der Waals surface area contributed by atoms with Crippen molar-refractivity contribution in [2.24, 2.45) is 11.8 Å². The highest BCUT2D eigenvalue weighted by Crippen LogP contribution is 2.39. The lowest BCUT2D eigenvalue weighted by atomic mass is 9.87. The molecule has 0 radical (unpaired) electrons. The van der Waals surface area contributed by atoms with Crippen LogP contribution < -0.4 is 0 Å². The zero-order chi connectivity index (χ0) is 10.0. The van der Waals surface area contributed by atoms with Gasteiger partial charge in [-0.25, -0.2) is 0 Å². The summed E-state index contributed by atoms with van der Waals surface area (Å²) in [6, 6.07) is 3.28. The molecule has 0 bridgehead atoms. The minimum absolute atomic E-state index is 0.801. The molecule has 14 heavy (non-hydrogen) atoms. The van der Waals surface area contributed by atoms with Crippen LogP contribution in [0.5, 0.6) is 0 Å². The summed E-state index contributed by atoms with van der Waals surface area (Å²) in [7, 11) is -0.801. The molecule has 0 aromatic carbocycles. The van der Waals surface area contributed by atoms with Crippen LogP contribution in [0.4, 0.5) is 0 Å². The zero-order valence-electron chi connectivity index (χ0n) is 10.0. The molecular weight excluding hydrogens is 184 g/mol. The van der Waals surface area contributed by atoms with Crippen molar-refractivity contribution in [3.63, 3.8) is 0 Å². The topological polar surface area (TPSA) is 0 Å². The van der Waals surface area contributed by atoms with Crippen LogP contribution in [-0.2, 0) is 0 Å². The van der Waals surface area contributed by atoms with Crippen molar-refractivity contribution in [1.29, 1.82) is 0 Å². The van der Waals surface area contributed by atoms with Crippen LogP contribution >= 0.6 is 0 Å². The number of rotatable bonds is 4. The summed E-state index contributed by atoms with van der Waals surface area (Å²) in [6.07, 6.45) is 10.8. The van der Waals surface area contributed by atoms with E-state index in [-0.39, 0.29) is 0 Å². The minimum Gasteiger partial charge on any atom is -0.0693 e. The van der Waals surface area contributed by atoms with Gasteiger partial charge in [-0.2, -0.15) is 0 Å². The second-order valence-corrected chi connectivity index (χ2v) is 11.7. The lowest BCUT2D eigenvalue weighted by Crippen LogP contribution is -2.32. The van der Waals surface area contributed by atoms with Crippen LogP contribution in [0.2, 0.25) is 25.2 Å². The second kappa shape index (κ2) is 4.38. The van der Waals surface area contributed by atoms with Crippen LogP contribution in [0.3, 0.4) is 0 Å². The van der Waals surface area contributed by atoms with Crippen molar-refractivity contribution in [3.05, 3.63) is 0 Å². The van der Waals surface area contributed by atoms with Crippen molar-refractivity contribution in [2.45, 2.75) is 70.1 Å². The van der Waals surface area contributed by atoms with Gasteiger partial charge in [-0.15, -0.1) is 0 Å². The first-order valence-electron chi connectivity index (χ1n) is 6.66. The van der Waals surface area contributed by atoms with Gasteiger partial charge in [0, 0.05) is 8.07 Å². The summed E-state index contributed by atoms with van der Waals surface area (Å²) in [5, 5.41) is 0. The fourth-order valence-corrected chi connectivity index (χ4v) is 7.67. The molecule has 0 unspecified atom stereocenters. The van der Waals surface area contributed by atoms with E-state index in [0.717, 1.165) is 11.8 Å². The van der Waals surface area contributed by atoms with Crippen molar-refractivity contribution in [1.82, 2.24) is 0 Å². The highest BCUT2D eigenvalue weighted by atomic mass is 28.3. The minimum atomic E-state index is -0.801. The van der Waals surface area contributed by atoms with Gasteiger partial charge in [0.05, 0.1) is 0 Å². The van der Waals surface area contributed by atoms with E-state index in [0.29, 0.717) is 0 Å². The van der Waals surface area contributed by atoms with E-state index in [4.69, 9.17) is 0 Å². The van der Waals surface area contributed by atoms with Gasteiger partial charge < -0.3 is 0 Å². The predicted molar refractivity (Wildman–Crippen MR) is 66.4 cm³/mol. The first-order chi connectivity index (χ1) is 6.66. The maximum absolute atomic E-state index is 2.64. The predicted octanol–water partition coefficient (Wildman–Crippen LogP) is 4.69. The Bertz CT molecular complexity index is 176. The zero-order valence-corrected chi connectivity index (χ0v) is 11.0. The third kappa shape index (κ3) is 2.85. The fourth-order valence-electron chi connectivity index (χ4n) is 3.56. The average molecular weight is 210 g/mol. The molecule has 0 atom stereocenters. The van der Waals surface area contributed by atoms with E-state index >= 15 is 0 Å². The maximum atomic E-state index is 2.64. The molecule has 2 rings (SSSR count). The molecule has 0 aliphatic heterocycles. The van der Waals surface area contributed by atoms with Gasteiger partial charge in [-0.3, -0.25) is 0 Å². The summed E-state index contributed by atoms with van der Waals surface area (Å²) < 4.78 is 0. The molecule has 82 valence electrons. The SMILES string of the molecule is C[Si](C)(CC1CCCC1)CC1CCC1. The molecule has 2 aliphatic rings. The van der Waals surface area contributed by atoms with Gasteiger partial charge in [-0.1, -0.05) is 70.1 Å². The third-order valence-electron chi connectivity index (χ3n) is 4.38. The maximum Gasteiger partial charge on any atom is 0.0479 e. The van der Waals surface area contributed by atoms with Crippen LogP contribution in [-0.4, -0.2) is 8.07 Å². The summed E-state index contributed by atoms with van der Waals surface area (Å²) in [6.45, 7) is 5.28. The Kier molecular flexibility index (Phi) is 3.36. The van der Waals surface area contributed by atoms with Crippen LogP contribution in [0.15, 0.2) is 0 Å². The van der Waals surface area contributed by atoms with E-state index in [1.807, 2.05) is 0 Å². The lowest BCUT2D eigenvalue weighted by molar-refractivity contribution is 0.341. The van der Waals surface area contributed by atoms with Crippen molar-refractivity contribution < 1.29 is 0 Å². The van der Waals surface area contributed by atoms with Gasteiger partial charge in [0.2, 0.25) is 0 Å². The summed E-state index contributed by atoms with van der Waals surface area (Å²) in [5.74, 6) is 2.29. The quantitative estimate of drug-likeness (QED) is 0.591. The summed E-state index contributed by atoms with van der Waals surface area (Å²) >= 11 is 0. The molecule has 0 aromatic rings. The Morgan fingerprint density at radius 3 is 1.57 bits per heavy atom. The third-order valence-corrected chi connectivity index (χ3v) is 7.75. The number of hydrogen-bond donors (Lipinski definition) is 0. The Labute approximate surface area is 90.5 Å². The molecule has 2 fully saturated rings. The molecule has 0 amide bonds. The highest BCUT2D eigenvalue weighted by molar-refractivity contribution is 6.77. The molecule has 1 heteroatoms. The van der Waals surface area contributed by atoms with Gasteiger partial charge in [0.25, 0.3) is 0 Å². The first kappa shape index (κ1) is 10.7. The first-order valence-corrected chi connectivity index (χ1v) is 10.1. The molecule has 0 heterocycles. The standard InChI is InChI=1S/C13H26Si/c1-14(2,11-13-8-5-9-13)10-12-6-3-4-7-12/h12-13H,3-11H2,1-2H3. The Morgan fingerprint density at radius 2 is 1.21 bits per heavy atom. The molecule has 2 aliphatic carbocycles. The van der Waals surface area contributed by atoms with Crippen molar-refractivity contribution >= 4 is 8.07 Å². The average Bonchev–Trinajstić information content (AvgIpc) is 2.49. The van der Waals surface area contributed by atoms with Crippen LogP contribution in [0.25, 0.3) is 0 Å². The molecule has 2 saturated carbocycles. The normalized spacial score (nSPS) is 25.3. The smallest absolute Gasteiger partial charge is 0.0479 e. The Hall–Kier alpha value is 0.217. The van der Waals surface area contributed by atoms with Gasteiger partial charge in [0.15, 0.2) is 0 Å². The summed E-state index contributed by atoms with van der Waals surface area (Å²) in [4.78, 5) is 0. The monoisotopic (exact) mass is 210 g/mol. The molecular formula is C13H26Si. The molecule has 0 spiro atoms. The molecule has 0 N–H and O–H groups in total. The van der Waals surface area contributed by atoms with Gasteiger partial charge in [-0.05, 0) is 11.8 Å². The lowest BCUT2D eigenvalue weighted by Gasteiger charge is -2.34. The highest BCUT2D eigenvalue weighted by Gasteiger charge is 2.31. The van der Waals surface area contributed by atoms with Gasteiger partial charge >= 0.3 is 0 Å². The second-order valence-electron chi connectivity index (χ2n) is 6.52. The van der Waals surface area contributed by atoms with Crippen LogP contribution in [0, 0.1) is 11.8 Å². The van der Waals surface area contributed by atoms with E-state index < -0.39 is 8.07 Å². The molecule has 0 aromatic heterocycles. The Balaban J connectivity index is 1.74. The van der Waals surface area contributed by atoms with E-state index in [1.54, 1.807) is 37.8 Å². The number of hydrogen-bond acceptors (Lipinski definition) is 0. The van der Waals surface area contributed by atoms with E-state index in [2.05, 4.69) is 13.1 Å². The largest absolute Gasteiger partial charge is 0.0693 e. The summed E-state index contributed by atoms with van der Waals surface area (Å²) in [5.41, 5.74) is 0. The van der Waals surface area contributed by atoms with E-state index in [9.17, 15) is 0 Å².